The van der Waals surface area contributed by atoms with Crippen molar-refractivity contribution in [1.82, 2.24) is 8.69 Å². The number of rotatable bonds is 5. The van der Waals surface area contributed by atoms with E-state index < -0.39 is 20.0 Å². The number of sulfonamides is 1. The lowest BCUT2D eigenvalue weighted by molar-refractivity contribution is 0.426. The number of nitrogens with one attached hydrogen (secondary N) is 1. The molecule has 28 heavy (non-hydrogen) atoms. The summed E-state index contributed by atoms with van der Waals surface area (Å²) in [6.07, 6.45) is 7.12. The molecule has 1 aromatic heterocycles. The number of hydrogen-bond acceptors (Lipinski definition) is 4. The maximum absolute atomic E-state index is 13.0. The molecule has 1 N–H and O–H groups in total. The molecule has 0 saturated heterocycles. The van der Waals surface area contributed by atoms with Crippen LogP contribution in [-0.2, 0) is 20.0 Å². The molecule has 0 aliphatic heterocycles. The standard InChI is InChI=1S/C20H28N2O4S2/c1-16-15-20(27(23,24)21-18-11-7-4-3-5-8-12-18)17(2)22(16)28(25,26)19-13-9-6-10-14-19/h6,9-10,13-15,18,21H,3-5,7-8,11-12H2,1-2H3. The van der Waals surface area contributed by atoms with Gasteiger partial charge in [0, 0.05) is 11.7 Å². The highest BCUT2D eigenvalue weighted by atomic mass is 32.2. The molecular weight excluding hydrogens is 396 g/mol. The van der Waals surface area contributed by atoms with Crippen molar-refractivity contribution in [2.24, 2.45) is 0 Å². The van der Waals surface area contributed by atoms with Gasteiger partial charge in [0.1, 0.15) is 4.90 Å². The number of benzene rings is 1. The van der Waals surface area contributed by atoms with E-state index in [0.29, 0.717) is 5.69 Å². The summed E-state index contributed by atoms with van der Waals surface area (Å²) in [4.78, 5) is 0.167. The Labute approximate surface area is 168 Å². The first-order valence-electron chi connectivity index (χ1n) is 9.75. The predicted molar refractivity (Wildman–Crippen MR) is 109 cm³/mol. The van der Waals surface area contributed by atoms with Gasteiger partial charge in [-0.2, -0.15) is 0 Å². The van der Waals surface area contributed by atoms with Gasteiger partial charge < -0.3 is 0 Å². The first-order valence-corrected chi connectivity index (χ1v) is 12.7. The van der Waals surface area contributed by atoms with Crippen molar-refractivity contribution < 1.29 is 16.8 Å². The second-order valence-corrected chi connectivity index (χ2v) is 11.0. The summed E-state index contributed by atoms with van der Waals surface area (Å²) in [7, 11) is -7.66. The molecular formula is C20H28N2O4S2. The Balaban J connectivity index is 1.94. The molecule has 1 aliphatic carbocycles. The van der Waals surface area contributed by atoms with Gasteiger partial charge in [-0.15, -0.1) is 0 Å². The lowest BCUT2D eigenvalue weighted by atomic mass is 9.97. The maximum Gasteiger partial charge on any atom is 0.268 e. The molecule has 0 atom stereocenters. The molecule has 1 fully saturated rings. The third-order valence-electron chi connectivity index (χ3n) is 5.32. The Morgan fingerprint density at radius 3 is 2.07 bits per heavy atom. The number of hydrogen-bond donors (Lipinski definition) is 1. The minimum absolute atomic E-state index is 0.0339. The van der Waals surface area contributed by atoms with Crippen molar-refractivity contribution in [1.29, 1.82) is 0 Å². The van der Waals surface area contributed by atoms with Gasteiger partial charge in [0.25, 0.3) is 10.0 Å². The van der Waals surface area contributed by atoms with Crippen molar-refractivity contribution in [2.75, 3.05) is 0 Å². The van der Waals surface area contributed by atoms with Crippen LogP contribution in [0.25, 0.3) is 0 Å². The van der Waals surface area contributed by atoms with Crippen LogP contribution >= 0.6 is 0 Å². The van der Waals surface area contributed by atoms with Gasteiger partial charge in [-0.1, -0.05) is 50.3 Å². The fraction of sp³-hybridized carbons (Fsp3) is 0.500. The van der Waals surface area contributed by atoms with E-state index in [4.69, 9.17) is 0 Å². The summed E-state index contributed by atoms with van der Waals surface area (Å²) < 4.78 is 56.1. The van der Waals surface area contributed by atoms with Crippen LogP contribution in [0.4, 0.5) is 0 Å². The fourth-order valence-corrected chi connectivity index (χ4v) is 7.18. The molecule has 0 spiro atoms. The molecule has 0 radical (unpaired) electrons. The molecule has 0 amide bonds. The molecule has 0 bridgehead atoms. The van der Waals surface area contributed by atoms with Gasteiger partial charge in [-0.25, -0.2) is 25.5 Å². The van der Waals surface area contributed by atoms with Gasteiger partial charge in [0.15, 0.2) is 0 Å². The third-order valence-corrected chi connectivity index (χ3v) is 8.87. The summed E-state index contributed by atoms with van der Waals surface area (Å²) in [5, 5.41) is 0. The van der Waals surface area contributed by atoms with Gasteiger partial charge in [0.2, 0.25) is 10.0 Å². The molecule has 3 rings (SSSR count). The van der Waals surface area contributed by atoms with Crippen molar-refractivity contribution in [3.63, 3.8) is 0 Å². The molecule has 1 aromatic carbocycles. The molecule has 6 nitrogen and oxygen atoms in total. The Kier molecular flexibility index (Phi) is 6.31. The summed E-state index contributed by atoms with van der Waals surface area (Å²) in [6.45, 7) is 3.16. The van der Waals surface area contributed by atoms with Gasteiger partial charge in [-0.3, -0.25) is 0 Å². The van der Waals surface area contributed by atoms with Gasteiger partial charge in [-0.05, 0) is 44.9 Å². The minimum Gasteiger partial charge on any atom is -0.242 e. The van der Waals surface area contributed by atoms with Crippen molar-refractivity contribution in [3.05, 3.63) is 47.8 Å². The van der Waals surface area contributed by atoms with Crippen LogP contribution in [0.3, 0.4) is 0 Å². The van der Waals surface area contributed by atoms with E-state index in [1.807, 2.05) is 0 Å². The molecule has 0 unspecified atom stereocenters. The monoisotopic (exact) mass is 424 g/mol. The van der Waals surface area contributed by atoms with Crippen molar-refractivity contribution in [3.8, 4) is 0 Å². The highest BCUT2D eigenvalue weighted by Crippen LogP contribution is 2.27. The van der Waals surface area contributed by atoms with E-state index in [-0.39, 0.29) is 21.5 Å². The van der Waals surface area contributed by atoms with Crippen LogP contribution in [0.15, 0.2) is 46.2 Å². The summed E-state index contributed by atoms with van der Waals surface area (Å²) in [5.74, 6) is 0. The number of nitrogens with zero attached hydrogens (tertiary/aromatic N) is 1. The first kappa shape index (κ1) is 21.1. The van der Waals surface area contributed by atoms with Crippen LogP contribution < -0.4 is 4.72 Å². The predicted octanol–water partition coefficient (Wildman–Crippen LogP) is 3.73. The highest BCUT2D eigenvalue weighted by molar-refractivity contribution is 7.90. The second kappa shape index (κ2) is 8.39. The molecule has 1 aliphatic rings. The van der Waals surface area contributed by atoms with Crippen LogP contribution in [0.1, 0.15) is 56.3 Å². The second-order valence-electron chi connectivity index (χ2n) is 7.48. The quantitative estimate of drug-likeness (QED) is 0.792. The van der Waals surface area contributed by atoms with Gasteiger partial charge in [0.05, 0.1) is 10.6 Å². The molecule has 1 heterocycles. The van der Waals surface area contributed by atoms with Crippen LogP contribution in [-0.4, -0.2) is 26.8 Å². The lowest BCUT2D eigenvalue weighted by Crippen LogP contribution is -2.35. The topological polar surface area (TPSA) is 85.2 Å². The normalized spacial score (nSPS) is 17.2. The Morgan fingerprint density at radius 1 is 0.893 bits per heavy atom. The zero-order valence-electron chi connectivity index (χ0n) is 16.4. The molecule has 8 heteroatoms. The SMILES string of the molecule is Cc1cc(S(=O)(=O)NC2CCCCCCC2)c(C)n1S(=O)(=O)c1ccccc1. The average Bonchev–Trinajstić information content (AvgIpc) is 2.94. The van der Waals surface area contributed by atoms with E-state index in [9.17, 15) is 16.8 Å². The van der Waals surface area contributed by atoms with E-state index >= 15 is 0 Å². The number of aryl methyl sites for hydroxylation is 1. The van der Waals surface area contributed by atoms with E-state index in [1.165, 1.54) is 24.6 Å². The Hall–Kier alpha value is -1.64. The Bertz CT molecular complexity index is 1020. The van der Waals surface area contributed by atoms with Gasteiger partial charge >= 0.3 is 0 Å². The first-order chi connectivity index (χ1) is 13.2. The molecule has 154 valence electrons. The zero-order chi connectivity index (χ0) is 20.4. The van der Waals surface area contributed by atoms with E-state index in [0.717, 1.165) is 42.5 Å². The summed E-state index contributed by atoms with van der Waals surface area (Å²) in [6, 6.07) is 9.40. The van der Waals surface area contributed by atoms with Crippen LogP contribution in [0.5, 0.6) is 0 Å². The maximum atomic E-state index is 13.0. The largest absolute Gasteiger partial charge is 0.268 e. The van der Waals surface area contributed by atoms with Crippen LogP contribution in [0.2, 0.25) is 0 Å². The molecule has 2 aromatic rings. The minimum atomic E-state index is -3.86. The lowest BCUT2D eigenvalue weighted by Gasteiger charge is -2.21. The van der Waals surface area contributed by atoms with E-state index in [2.05, 4.69) is 4.72 Å². The fourth-order valence-electron chi connectivity index (χ4n) is 3.91. The smallest absolute Gasteiger partial charge is 0.242 e. The van der Waals surface area contributed by atoms with Crippen molar-refractivity contribution >= 4 is 20.0 Å². The molecule has 1 saturated carbocycles. The van der Waals surface area contributed by atoms with Crippen molar-refractivity contribution in [2.45, 2.75) is 74.6 Å². The van der Waals surface area contributed by atoms with Crippen LogP contribution in [0, 0.1) is 13.8 Å². The Morgan fingerprint density at radius 2 is 1.46 bits per heavy atom. The number of aromatic nitrogens is 1. The third kappa shape index (κ3) is 4.34. The zero-order valence-corrected chi connectivity index (χ0v) is 18.0. The average molecular weight is 425 g/mol. The highest BCUT2D eigenvalue weighted by Gasteiger charge is 2.29. The van der Waals surface area contributed by atoms with E-state index in [1.54, 1.807) is 32.0 Å². The summed E-state index contributed by atoms with van der Waals surface area (Å²) >= 11 is 0. The summed E-state index contributed by atoms with van der Waals surface area (Å²) in [5.41, 5.74) is 0.582.